The summed E-state index contributed by atoms with van der Waals surface area (Å²) in [5.74, 6) is -0.802. The monoisotopic (exact) mass is 467 g/mol. The number of carbonyl (C=O) groups is 2. The van der Waals surface area contributed by atoms with Crippen LogP contribution in [0, 0.1) is 0 Å². The molecule has 2 N–H and O–H groups in total. The lowest BCUT2D eigenvalue weighted by Gasteiger charge is -2.29. The summed E-state index contributed by atoms with van der Waals surface area (Å²) in [7, 11) is 0. The van der Waals surface area contributed by atoms with Crippen LogP contribution in [0.2, 0.25) is 0 Å². The van der Waals surface area contributed by atoms with Gasteiger partial charge in [0, 0.05) is 31.9 Å². The Morgan fingerprint density at radius 2 is 1.79 bits per heavy atom. The summed E-state index contributed by atoms with van der Waals surface area (Å²) in [6.45, 7) is 2.79. The van der Waals surface area contributed by atoms with E-state index < -0.39 is 23.2 Å². The number of fused-ring (bicyclic) bond motifs is 1. The van der Waals surface area contributed by atoms with Crippen molar-refractivity contribution in [2.24, 2.45) is 0 Å². The van der Waals surface area contributed by atoms with Gasteiger partial charge in [-0.3, -0.25) is 14.5 Å². The summed E-state index contributed by atoms with van der Waals surface area (Å²) in [6.07, 6.45) is -3.25. The van der Waals surface area contributed by atoms with Crippen LogP contribution in [-0.4, -0.2) is 36.9 Å². The van der Waals surface area contributed by atoms with Gasteiger partial charge in [0.15, 0.2) is 0 Å². The molecular formula is C26H24F3N3O2. The van der Waals surface area contributed by atoms with Crippen molar-refractivity contribution in [3.05, 3.63) is 89.0 Å². The number of halogens is 3. The molecule has 0 aromatic heterocycles. The molecule has 176 valence electrons. The number of hydrogen-bond acceptors (Lipinski definition) is 3. The molecule has 0 spiro atoms. The highest BCUT2D eigenvalue weighted by Gasteiger charge is 2.36. The van der Waals surface area contributed by atoms with E-state index in [0.29, 0.717) is 30.8 Å². The molecule has 2 amide bonds. The van der Waals surface area contributed by atoms with Crippen molar-refractivity contribution in [2.75, 3.05) is 25.0 Å². The average Bonchev–Trinajstić information content (AvgIpc) is 2.83. The molecule has 0 atom stereocenters. The molecule has 8 heteroatoms. The van der Waals surface area contributed by atoms with E-state index in [1.165, 1.54) is 12.1 Å². The van der Waals surface area contributed by atoms with Crippen LogP contribution >= 0.6 is 0 Å². The van der Waals surface area contributed by atoms with E-state index in [0.717, 1.165) is 36.7 Å². The molecule has 0 unspecified atom stereocenters. The number of rotatable bonds is 7. The molecule has 1 aliphatic heterocycles. The zero-order valence-electron chi connectivity index (χ0n) is 18.4. The van der Waals surface area contributed by atoms with E-state index in [1.54, 1.807) is 36.4 Å². The van der Waals surface area contributed by atoms with Gasteiger partial charge in [-0.15, -0.1) is 0 Å². The van der Waals surface area contributed by atoms with Crippen molar-refractivity contribution >= 4 is 18.0 Å². The molecule has 0 aliphatic carbocycles. The van der Waals surface area contributed by atoms with Crippen molar-refractivity contribution in [1.82, 2.24) is 10.2 Å². The van der Waals surface area contributed by atoms with Crippen molar-refractivity contribution in [3.63, 3.8) is 0 Å². The molecule has 5 nitrogen and oxygen atoms in total. The van der Waals surface area contributed by atoms with Crippen molar-refractivity contribution in [1.29, 1.82) is 0 Å². The maximum absolute atomic E-state index is 13.8. The van der Waals surface area contributed by atoms with Crippen LogP contribution in [0.25, 0.3) is 11.1 Å². The topological polar surface area (TPSA) is 61.4 Å². The lowest BCUT2D eigenvalue weighted by molar-refractivity contribution is -0.137. The SMILES string of the molecule is O=CNCCN1CCc2cc(NC(=O)c3c(-c4ccccc4)cccc3C(F)(F)F)ccc2C1. The number of amides is 2. The van der Waals surface area contributed by atoms with Gasteiger partial charge in [0.25, 0.3) is 5.91 Å². The fourth-order valence-electron chi connectivity index (χ4n) is 4.25. The summed E-state index contributed by atoms with van der Waals surface area (Å²) < 4.78 is 41.4. The van der Waals surface area contributed by atoms with E-state index in [1.807, 2.05) is 12.1 Å². The summed E-state index contributed by atoms with van der Waals surface area (Å²) in [6, 6.07) is 17.8. The summed E-state index contributed by atoms with van der Waals surface area (Å²) in [4.78, 5) is 25.8. The van der Waals surface area contributed by atoms with Gasteiger partial charge in [-0.05, 0) is 46.9 Å². The van der Waals surface area contributed by atoms with E-state index in [4.69, 9.17) is 0 Å². The van der Waals surface area contributed by atoms with Gasteiger partial charge < -0.3 is 10.6 Å². The highest BCUT2D eigenvalue weighted by Crippen LogP contribution is 2.37. The van der Waals surface area contributed by atoms with Gasteiger partial charge in [0.05, 0.1) is 11.1 Å². The fourth-order valence-corrected chi connectivity index (χ4v) is 4.25. The van der Waals surface area contributed by atoms with Gasteiger partial charge in [0.1, 0.15) is 0 Å². The molecule has 0 radical (unpaired) electrons. The molecule has 0 fully saturated rings. The minimum Gasteiger partial charge on any atom is -0.357 e. The molecule has 34 heavy (non-hydrogen) atoms. The van der Waals surface area contributed by atoms with E-state index in [2.05, 4.69) is 15.5 Å². The molecule has 1 heterocycles. The Morgan fingerprint density at radius 1 is 1.00 bits per heavy atom. The number of nitrogens with one attached hydrogen (secondary N) is 2. The van der Waals surface area contributed by atoms with Gasteiger partial charge in [-0.2, -0.15) is 13.2 Å². The van der Waals surface area contributed by atoms with Crippen LogP contribution in [0.3, 0.4) is 0 Å². The molecule has 0 bridgehead atoms. The van der Waals surface area contributed by atoms with Crippen LogP contribution in [-0.2, 0) is 23.9 Å². The third-order valence-electron chi connectivity index (χ3n) is 5.89. The van der Waals surface area contributed by atoms with Gasteiger partial charge in [-0.1, -0.05) is 48.5 Å². The second-order valence-corrected chi connectivity index (χ2v) is 8.13. The van der Waals surface area contributed by atoms with E-state index in [9.17, 15) is 22.8 Å². The predicted octanol–water partition coefficient (Wildman–Crippen LogP) is 4.73. The summed E-state index contributed by atoms with van der Waals surface area (Å²) in [5.41, 5.74) is 1.99. The number of alkyl halides is 3. The quantitative estimate of drug-likeness (QED) is 0.390. The number of anilines is 1. The Bertz CT molecular complexity index is 1180. The van der Waals surface area contributed by atoms with E-state index >= 15 is 0 Å². The predicted molar refractivity (Wildman–Crippen MR) is 124 cm³/mol. The summed E-state index contributed by atoms with van der Waals surface area (Å²) >= 11 is 0. The fraction of sp³-hybridized carbons (Fsp3) is 0.231. The van der Waals surface area contributed by atoms with Crippen molar-refractivity contribution in [2.45, 2.75) is 19.1 Å². The Hall–Kier alpha value is -3.65. The maximum Gasteiger partial charge on any atom is 0.417 e. The first-order valence-corrected chi connectivity index (χ1v) is 10.9. The number of carbonyl (C=O) groups excluding carboxylic acids is 2. The Morgan fingerprint density at radius 3 is 2.53 bits per heavy atom. The van der Waals surface area contributed by atoms with E-state index in [-0.39, 0.29) is 5.56 Å². The molecule has 4 rings (SSSR count). The third kappa shape index (κ3) is 5.28. The van der Waals surface area contributed by atoms with Crippen molar-refractivity contribution in [3.8, 4) is 11.1 Å². The molecule has 3 aromatic carbocycles. The number of nitrogens with zero attached hydrogens (tertiary/aromatic N) is 1. The van der Waals surface area contributed by atoms with Gasteiger partial charge >= 0.3 is 6.18 Å². The Labute approximate surface area is 195 Å². The second kappa shape index (κ2) is 10.1. The normalized spacial score (nSPS) is 13.7. The lowest BCUT2D eigenvalue weighted by atomic mass is 9.94. The highest BCUT2D eigenvalue weighted by molar-refractivity contribution is 6.10. The molecule has 1 aliphatic rings. The second-order valence-electron chi connectivity index (χ2n) is 8.13. The first-order valence-electron chi connectivity index (χ1n) is 10.9. The molecule has 0 saturated heterocycles. The molecule has 0 saturated carbocycles. The third-order valence-corrected chi connectivity index (χ3v) is 5.89. The minimum atomic E-state index is -4.67. The van der Waals surface area contributed by atoms with Crippen LogP contribution in [0.5, 0.6) is 0 Å². The Balaban J connectivity index is 1.60. The van der Waals surface area contributed by atoms with Gasteiger partial charge in [-0.25, -0.2) is 0 Å². The van der Waals surface area contributed by atoms with Crippen LogP contribution in [0.15, 0.2) is 66.7 Å². The zero-order valence-corrected chi connectivity index (χ0v) is 18.4. The average molecular weight is 467 g/mol. The molecule has 3 aromatic rings. The highest BCUT2D eigenvalue weighted by atomic mass is 19.4. The smallest absolute Gasteiger partial charge is 0.357 e. The first kappa shape index (κ1) is 23.5. The summed E-state index contributed by atoms with van der Waals surface area (Å²) in [5, 5.41) is 5.33. The van der Waals surface area contributed by atoms with Crippen LogP contribution in [0.4, 0.5) is 18.9 Å². The first-order chi connectivity index (χ1) is 16.4. The minimum absolute atomic E-state index is 0.227. The Kier molecular flexibility index (Phi) is 6.98. The van der Waals surface area contributed by atoms with Crippen LogP contribution < -0.4 is 10.6 Å². The maximum atomic E-state index is 13.8. The van der Waals surface area contributed by atoms with Crippen LogP contribution in [0.1, 0.15) is 27.0 Å². The zero-order chi connectivity index (χ0) is 24.1. The molecular weight excluding hydrogens is 443 g/mol. The number of benzene rings is 3. The number of hydrogen-bond donors (Lipinski definition) is 2. The largest absolute Gasteiger partial charge is 0.417 e. The van der Waals surface area contributed by atoms with Crippen molar-refractivity contribution < 1.29 is 22.8 Å². The van der Waals surface area contributed by atoms with Gasteiger partial charge in [0.2, 0.25) is 6.41 Å². The standard InChI is InChI=1S/C26H24F3N3O2/c27-26(28,29)23-8-4-7-22(18-5-2-1-3-6-18)24(23)25(34)31-21-10-9-20-16-32(14-12-30-17-33)13-11-19(20)15-21/h1-10,15,17H,11-14,16H2,(H,30,33)(H,31,34). The lowest BCUT2D eigenvalue weighted by Crippen LogP contribution is -2.35.